The number of hydrogen-bond donors (Lipinski definition) is 2. The number of aromatic nitrogens is 2. The van der Waals surface area contributed by atoms with Gasteiger partial charge in [0.15, 0.2) is 0 Å². The minimum absolute atomic E-state index is 0.197. The summed E-state index contributed by atoms with van der Waals surface area (Å²) in [6.07, 6.45) is 1.30. The van der Waals surface area contributed by atoms with Crippen molar-refractivity contribution in [1.82, 2.24) is 9.97 Å². The van der Waals surface area contributed by atoms with Gasteiger partial charge >= 0.3 is 0 Å². The molecule has 0 bridgehead atoms. The first kappa shape index (κ1) is 15.3. The summed E-state index contributed by atoms with van der Waals surface area (Å²) < 4.78 is 5.31. The molecule has 112 valence electrons. The fourth-order valence-electron chi connectivity index (χ4n) is 2.36. The summed E-state index contributed by atoms with van der Waals surface area (Å²) in [7, 11) is 1.56. The standard InChI is InChI=1S/C16H20N2O3/c1-4-7-12(21-3)14-17-15(19)13(16(20)18-14)11-9-6-5-8-10(11)2/h5-6,8-9,12H,4,7H2,1-3H3,(H2,17,18,19,20). The Morgan fingerprint density at radius 1 is 1.38 bits per heavy atom. The zero-order chi connectivity index (χ0) is 15.4. The van der Waals surface area contributed by atoms with Crippen molar-refractivity contribution >= 4 is 0 Å². The predicted octanol–water partition coefficient (Wildman–Crippen LogP) is 2.94. The number of ether oxygens (including phenoxy) is 1. The first-order valence-corrected chi connectivity index (χ1v) is 7.00. The van der Waals surface area contributed by atoms with Gasteiger partial charge in [-0.3, -0.25) is 4.79 Å². The van der Waals surface area contributed by atoms with E-state index in [4.69, 9.17) is 4.74 Å². The maximum absolute atomic E-state index is 12.3. The van der Waals surface area contributed by atoms with Gasteiger partial charge in [-0.25, -0.2) is 0 Å². The first-order chi connectivity index (χ1) is 10.1. The molecule has 2 aromatic rings. The number of nitrogens with zero attached hydrogens (tertiary/aromatic N) is 1. The van der Waals surface area contributed by atoms with Crippen molar-refractivity contribution in [3.63, 3.8) is 0 Å². The van der Waals surface area contributed by atoms with E-state index in [1.165, 1.54) is 0 Å². The highest BCUT2D eigenvalue weighted by atomic mass is 16.5. The number of aromatic hydroxyl groups is 1. The van der Waals surface area contributed by atoms with Gasteiger partial charge in [0.05, 0.1) is 0 Å². The molecule has 0 radical (unpaired) electrons. The maximum Gasteiger partial charge on any atom is 0.262 e. The number of benzene rings is 1. The SMILES string of the molecule is CCCC(OC)c1nc(O)c(-c2ccccc2C)c(=O)[nH]1. The molecule has 0 aliphatic heterocycles. The lowest BCUT2D eigenvalue weighted by molar-refractivity contribution is 0.0868. The Labute approximate surface area is 123 Å². The summed E-state index contributed by atoms with van der Waals surface area (Å²) in [4.78, 5) is 19.2. The molecule has 0 saturated heterocycles. The Bertz CT molecular complexity index is 679. The van der Waals surface area contributed by atoms with Crippen LogP contribution in [-0.4, -0.2) is 22.2 Å². The van der Waals surface area contributed by atoms with Crippen molar-refractivity contribution < 1.29 is 9.84 Å². The summed E-state index contributed by atoms with van der Waals surface area (Å²) in [6.45, 7) is 3.91. The smallest absolute Gasteiger partial charge is 0.262 e. The van der Waals surface area contributed by atoms with E-state index in [0.29, 0.717) is 11.4 Å². The van der Waals surface area contributed by atoms with Crippen LogP contribution in [0.1, 0.15) is 37.3 Å². The molecule has 0 spiro atoms. The summed E-state index contributed by atoms with van der Waals surface area (Å²) in [5, 5.41) is 10.2. The Hall–Kier alpha value is -2.14. The number of rotatable bonds is 5. The third kappa shape index (κ3) is 3.13. The topological polar surface area (TPSA) is 75.2 Å². The number of methoxy groups -OCH3 is 1. The van der Waals surface area contributed by atoms with Crippen LogP contribution in [0.4, 0.5) is 0 Å². The van der Waals surface area contributed by atoms with Crippen molar-refractivity contribution in [2.75, 3.05) is 7.11 Å². The van der Waals surface area contributed by atoms with Crippen LogP contribution in [-0.2, 0) is 4.74 Å². The lowest BCUT2D eigenvalue weighted by Crippen LogP contribution is -2.17. The lowest BCUT2D eigenvalue weighted by atomic mass is 10.0. The van der Waals surface area contributed by atoms with Gasteiger partial charge in [0.25, 0.3) is 5.56 Å². The van der Waals surface area contributed by atoms with Crippen molar-refractivity contribution in [3.8, 4) is 17.0 Å². The second-order valence-corrected chi connectivity index (χ2v) is 4.98. The molecule has 0 fully saturated rings. The summed E-state index contributed by atoms with van der Waals surface area (Å²) in [5.74, 6) is 0.0976. The average molecular weight is 288 g/mol. The van der Waals surface area contributed by atoms with E-state index < -0.39 is 0 Å². The molecular formula is C16H20N2O3. The Morgan fingerprint density at radius 2 is 2.10 bits per heavy atom. The normalized spacial score (nSPS) is 12.3. The van der Waals surface area contributed by atoms with Crippen molar-refractivity contribution in [2.45, 2.75) is 32.8 Å². The molecule has 0 saturated carbocycles. The summed E-state index contributed by atoms with van der Waals surface area (Å²) in [5.41, 5.74) is 1.43. The molecule has 5 nitrogen and oxygen atoms in total. The lowest BCUT2D eigenvalue weighted by Gasteiger charge is -2.15. The van der Waals surface area contributed by atoms with Crippen molar-refractivity contribution in [3.05, 3.63) is 46.0 Å². The molecule has 2 rings (SSSR count). The van der Waals surface area contributed by atoms with E-state index in [1.54, 1.807) is 13.2 Å². The van der Waals surface area contributed by atoms with Crippen LogP contribution < -0.4 is 5.56 Å². The number of aromatic amines is 1. The second kappa shape index (κ2) is 6.54. The molecule has 1 heterocycles. The van der Waals surface area contributed by atoms with Gasteiger partial charge in [-0.15, -0.1) is 0 Å². The van der Waals surface area contributed by atoms with Crippen molar-refractivity contribution in [1.29, 1.82) is 0 Å². The van der Waals surface area contributed by atoms with Crippen molar-refractivity contribution in [2.24, 2.45) is 0 Å². The average Bonchev–Trinajstić information content (AvgIpc) is 2.46. The number of hydrogen-bond acceptors (Lipinski definition) is 4. The minimum atomic E-state index is -0.357. The molecule has 0 aliphatic carbocycles. The van der Waals surface area contributed by atoms with Gasteiger partial charge in [0.1, 0.15) is 17.5 Å². The number of aryl methyl sites for hydroxylation is 1. The monoisotopic (exact) mass is 288 g/mol. The molecule has 1 aromatic carbocycles. The van der Waals surface area contributed by atoms with Gasteiger partial charge in [0.2, 0.25) is 5.88 Å². The fraction of sp³-hybridized carbons (Fsp3) is 0.375. The fourth-order valence-corrected chi connectivity index (χ4v) is 2.36. The van der Waals surface area contributed by atoms with Gasteiger partial charge in [-0.2, -0.15) is 4.98 Å². The van der Waals surface area contributed by atoms with E-state index >= 15 is 0 Å². The van der Waals surface area contributed by atoms with Gasteiger partial charge in [-0.05, 0) is 24.5 Å². The highest BCUT2D eigenvalue weighted by Gasteiger charge is 2.19. The molecule has 2 N–H and O–H groups in total. The summed E-state index contributed by atoms with van der Waals surface area (Å²) >= 11 is 0. The number of nitrogens with one attached hydrogen (secondary N) is 1. The Balaban J connectivity index is 2.53. The molecule has 0 aliphatic rings. The molecule has 1 unspecified atom stereocenters. The Kier molecular flexibility index (Phi) is 4.75. The minimum Gasteiger partial charge on any atom is -0.493 e. The zero-order valence-corrected chi connectivity index (χ0v) is 12.5. The van der Waals surface area contributed by atoms with Crippen LogP contribution in [0, 0.1) is 6.92 Å². The quantitative estimate of drug-likeness (QED) is 0.887. The van der Waals surface area contributed by atoms with Crippen LogP contribution in [0.2, 0.25) is 0 Å². The van der Waals surface area contributed by atoms with Crippen LogP contribution in [0.5, 0.6) is 5.88 Å². The predicted molar refractivity (Wildman–Crippen MR) is 81.4 cm³/mol. The van der Waals surface area contributed by atoms with Crippen LogP contribution in [0.25, 0.3) is 11.1 Å². The van der Waals surface area contributed by atoms with E-state index in [-0.39, 0.29) is 23.1 Å². The Morgan fingerprint density at radius 3 is 2.67 bits per heavy atom. The molecule has 0 amide bonds. The third-order valence-electron chi connectivity index (χ3n) is 3.47. The van der Waals surface area contributed by atoms with Crippen LogP contribution in [0.3, 0.4) is 0 Å². The van der Waals surface area contributed by atoms with E-state index in [2.05, 4.69) is 9.97 Å². The van der Waals surface area contributed by atoms with E-state index in [9.17, 15) is 9.90 Å². The molecule has 21 heavy (non-hydrogen) atoms. The van der Waals surface area contributed by atoms with E-state index in [1.807, 2.05) is 32.0 Å². The summed E-state index contributed by atoms with van der Waals surface area (Å²) in [6, 6.07) is 7.39. The molecule has 5 heteroatoms. The highest BCUT2D eigenvalue weighted by molar-refractivity contribution is 5.70. The first-order valence-electron chi connectivity index (χ1n) is 7.00. The maximum atomic E-state index is 12.3. The van der Waals surface area contributed by atoms with Gasteiger partial charge in [0, 0.05) is 7.11 Å². The number of H-pyrrole nitrogens is 1. The van der Waals surface area contributed by atoms with E-state index in [0.717, 1.165) is 18.4 Å². The third-order valence-corrected chi connectivity index (χ3v) is 3.47. The molecule has 1 aromatic heterocycles. The van der Waals surface area contributed by atoms with Gasteiger partial charge in [-0.1, -0.05) is 37.6 Å². The van der Waals surface area contributed by atoms with Crippen LogP contribution in [0.15, 0.2) is 29.1 Å². The second-order valence-electron chi connectivity index (χ2n) is 4.98. The highest BCUT2D eigenvalue weighted by Crippen LogP contribution is 2.28. The zero-order valence-electron chi connectivity index (χ0n) is 12.5. The molecule has 1 atom stereocenters. The van der Waals surface area contributed by atoms with Gasteiger partial charge < -0.3 is 14.8 Å². The van der Waals surface area contributed by atoms with Crippen LogP contribution >= 0.6 is 0 Å². The largest absolute Gasteiger partial charge is 0.493 e. The molecular weight excluding hydrogens is 268 g/mol.